The van der Waals surface area contributed by atoms with Crippen LogP contribution in [0.2, 0.25) is 5.15 Å². The van der Waals surface area contributed by atoms with E-state index in [-0.39, 0.29) is 0 Å². The molecule has 2 heterocycles. The summed E-state index contributed by atoms with van der Waals surface area (Å²) in [5.74, 6) is 1.46. The fourth-order valence-electron chi connectivity index (χ4n) is 2.40. The Morgan fingerprint density at radius 2 is 1.94 bits per heavy atom. The van der Waals surface area contributed by atoms with E-state index in [1.54, 1.807) is 10.6 Å². The van der Waals surface area contributed by atoms with Gasteiger partial charge in [0.15, 0.2) is 11.5 Å². The maximum absolute atomic E-state index is 5.90. The Bertz CT molecular complexity index is 502. The van der Waals surface area contributed by atoms with Gasteiger partial charge in [0.1, 0.15) is 5.15 Å². The van der Waals surface area contributed by atoms with E-state index in [0.717, 1.165) is 11.5 Å². The van der Waals surface area contributed by atoms with E-state index < -0.39 is 0 Å². The van der Waals surface area contributed by atoms with Crippen molar-refractivity contribution in [1.29, 1.82) is 0 Å². The van der Waals surface area contributed by atoms with Gasteiger partial charge in [-0.1, -0.05) is 30.9 Å². The van der Waals surface area contributed by atoms with E-state index in [2.05, 4.69) is 15.3 Å². The Morgan fingerprint density at radius 3 is 2.75 bits per heavy atom. The van der Waals surface area contributed by atoms with Gasteiger partial charge in [-0.05, 0) is 25.0 Å². The second-order valence-corrected chi connectivity index (χ2v) is 4.71. The molecule has 84 valence electrons. The van der Waals surface area contributed by atoms with E-state index in [1.165, 1.54) is 32.1 Å². The summed E-state index contributed by atoms with van der Waals surface area (Å²) in [6.07, 6.45) is 6.27. The first-order valence-corrected chi connectivity index (χ1v) is 6.10. The molecule has 0 unspecified atom stereocenters. The normalized spacial score (nSPS) is 18.1. The van der Waals surface area contributed by atoms with Crippen molar-refractivity contribution in [3.05, 3.63) is 23.1 Å². The van der Waals surface area contributed by atoms with E-state index in [4.69, 9.17) is 11.6 Å². The van der Waals surface area contributed by atoms with Crippen LogP contribution in [0.15, 0.2) is 12.1 Å². The van der Waals surface area contributed by atoms with Crippen LogP contribution in [-0.4, -0.2) is 19.8 Å². The van der Waals surface area contributed by atoms with Gasteiger partial charge in [-0.15, -0.1) is 10.2 Å². The Hall–Kier alpha value is -1.16. The van der Waals surface area contributed by atoms with E-state index >= 15 is 0 Å². The maximum Gasteiger partial charge on any atom is 0.178 e. The van der Waals surface area contributed by atoms with Crippen LogP contribution in [0.4, 0.5) is 0 Å². The summed E-state index contributed by atoms with van der Waals surface area (Å²) >= 11 is 5.90. The maximum atomic E-state index is 5.90. The van der Waals surface area contributed by atoms with Crippen molar-refractivity contribution in [3.8, 4) is 0 Å². The smallest absolute Gasteiger partial charge is 0.178 e. The lowest BCUT2D eigenvalue weighted by molar-refractivity contribution is 0.423. The van der Waals surface area contributed by atoms with E-state index in [9.17, 15) is 0 Å². The van der Waals surface area contributed by atoms with Crippen LogP contribution in [0, 0.1) is 0 Å². The molecule has 4 nitrogen and oxygen atoms in total. The van der Waals surface area contributed by atoms with Gasteiger partial charge in [-0.25, -0.2) is 0 Å². The third kappa shape index (κ3) is 1.67. The second kappa shape index (κ2) is 4.01. The molecular formula is C11H13ClN4. The zero-order valence-corrected chi connectivity index (χ0v) is 9.69. The first kappa shape index (κ1) is 10.0. The molecule has 5 heteroatoms. The summed E-state index contributed by atoms with van der Waals surface area (Å²) in [6.45, 7) is 0. The third-order valence-corrected chi connectivity index (χ3v) is 3.43. The molecule has 0 atom stereocenters. The average molecular weight is 237 g/mol. The van der Waals surface area contributed by atoms with Crippen LogP contribution in [-0.2, 0) is 0 Å². The molecule has 0 spiro atoms. The van der Waals surface area contributed by atoms with Gasteiger partial charge in [0.25, 0.3) is 0 Å². The van der Waals surface area contributed by atoms with Crippen molar-refractivity contribution >= 4 is 17.2 Å². The summed E-state index contributed by atoms with van der Waals surface area (Å²) in [5.41, 5.74) is 0.782. The predicted octanol–water partition coefficient (Wildman–Crippen LogP) is 2.83. The van der Waals surface area contributed by atoms with Gasteiger partial charge in [0, 0.05) is 5.92 Å². The largest absolute Gasteiger partial charge is 0.196 e. The van der Waals surface area contributed by atoms with Crippen molar-refractivity contribution in [2.75, 3.05) is 0 Å². The lowest BCUT2D eigenvalue weighted by Gasteiger charge is -2.19. The molecule has 0 N–H and O–H groups in total. The molecule has 0 saturated heterocycles. The van der Waals surface area contributed by atoms with Crippen LogP contribution in [0.1, 0.15) is 43.8 Å². The van der Waals surface area contributed by atoms with Crippen LogP contribution >= 0.6 is 11.6 Å². The van der Waals surface area contributed by atoms with Gasteiger partial charge in [-0.2, -0.15) is 9.61 Å². The van der Waals surface area contributed by atoms with Crippen molar-refractivity contribution in [2.24, 2.45) is 0 Å². The fraction of sp³-hybridized carbons (Fsp3) is 0.545. The lowest BCUT2D eigenvalue weighted by atomic mass is 9.89. The van der Waals surface area contributed by atoms with Crippen LogP contribution in [0.25, 0.3) is 5.65 Å². The summed E-state index contributed by atoms with van der Waals surface area (Å²) in [4.78, 5) is 0. The first-order chi connectivity index (χ1) is 7.84. The molecule has 16 heavy (non-hydrogen) atoms. The number of aromatic nitrogens is 4. The van der Waals surface area contributed by atoms with Crippen molar-refractivity contribution < 1.29 is 0 Å². The number of fused-ring (bicyclic) bond motifs is 1. The Morgan fingerprint density at radius 1 is 1.12 bits per heavy atom. The summed E-state index contributed by atoms with van der Waals surface area (Å²) < 4.78 is 1.79. The number of nitrogens with zero attached hydrogens (tertiary/aromatic N) is 4. The molecular weight excluding hydrogens is 224 g/mol. The zero-order chi connectivity index (χ0) is 11.0. The average Bonchev–Trinajstić information content (AvgIpc) is 2.73. The third-order valence-electron chi connectivity index (χ3n) is 3.22. The van der Waals surface area contributed by atoms with E-state index in [1.807, 2.05) is 6.07 Å². The molecule has 2 aromatic rings. The molecule has 1 aliphatic rings. The van der Waals surface area contributed by atoms with Crippen molar-refractivity contribution in [2.45, 2.75) is 38.0 Å². The minimum absolute atomic E-state index is 0.490. The highest BCUT2D eigenvalue weighted by molar-refractivity contribution is 6.29. The topological polar surface area (TPSA) is 43.1 Å². The minimum Gasteiger partial charge on any atom is -0.196 e. The summed E-state index contributed by atoms with van der Waals surface area (Å²) in [6, 6.07) is 3.60. The molecule has 3 rings (SSSR count). The van der Waals surface area contributed by atoms with Gasteiger partial charge >= 0.3 is 0 Å². The molecule has 0 amide bonds. The second-order valence-electron chi connectivity index (χ2n) is 4.32. The molecule has 0 bridgehead atoms. The highest BCUT2D eigenvalue weighted by Gasteiger charge is 2.21. The van der Waals surface area contributed by atoms with Gasteiger partial charge in [-0.3, -0.25) is 0 Å². The molecule has 1 fully saturated rings. The van der Waals surface area contributed by atoms with Gasteiger partial charge in [0.2, 0.25) is 0 Å². The molecule has 0 radical (unpaired) electrons. The van der Waals surface area contributed by atoms with E-state index in [0.29, 0.717) is 11.1 Å². The van der Waals surface area contributed by atoms with Crippen LogP contribution < -0.4 is 0 Å². The molecule has 1 saturated carbocycles. The Balaban J connectivity index is 2.05. The molecule has 2 aromatic heterocycles. The molecule has 0 aliphatic heterocycles. The summed E-state index contributed by atoms with van der Waals surface area (Å²) in [5, 5.41) is 13.1. The minimum atomic E-state index is 0.490. The standard InChI is InChI=1S/C11H13ClN4/c12-9-6-7-10-13-14-11(16(10)15-9)8-4-2-1-3-5-8/h6-8H,1-5H2. The SMILES string of the molecule is Clc1ccc2nnc(C3CCCCC3)n2n1. The zero-order valence-electron chi connectivity index (χ0n) is 8.93. The molecule has 0 aromatic carbocycles. The van der Waals surface area contributed by atoms with Crippen LogP contribution in [0.3, 0.4) is 0 Å². The summed E-state index contributed by atoms with van der Waals surface area (Å²) in [7, 11) is 0. The number of hydrogen-bond acceptors (Lipinski definition) is 3. The highest BCUT2D eigenvalue weighted by Crippen LogP contribution is 2.31. The van der Waals surface area contributed by atoms with Gasteiger partial charge < -0.3 is 0 Å². The molecule has 1 aliphatic carbocycles. The number of halogens is 1. The first-order valence-electron chi connectivity index (χ1n) is 5.72. The quantitative estimate of drug-likeness (QED) is 0.765. The lowest BCUT2D eigenvalue weighted by Crippen LogP contribution is -2.10. The Kier molecular flexibility index (Phi) is 2.52. The van der Waals surface area contributed by atoms with Crippen molar-refractivity contribution in [1.82, 2.24) is 19.8 Å². The predicted molar refractivity (Wildman–Crippen MR) is 61.6 cm³/mol. The number of rotatable bonds is 1. The van der Waals surface area contributed by atoms with Crippen molar-refractivity contribution in [3.63, 3.8) is 0 Å². The van der Waals surface area contributed by atoms with Gasteiger partial charge in [0.05, 0.1) is 0 Å². The fourth-order valence-corrected chi connectivity index (χ4v) is 2.54. The number of hydrogen-bond donors (Lipinski definition) is 0. The monoisotopic (exact) mass is 236 g/mol. The Labute approximate surface area is 98.6 Å². The van der Waals surface area contributed by atoms with Crippen LogP contribution in [0.5, 0.6) is 0 Å². The highest BCUT2D eigenvalue weighted by atomic mass is 35.5.